The number of rotatable bonds is 7. The van der Waals surface area contributed by atoms with Gasteiger partial charge in [0.2, 0.25) is 10.0 Å². The molecule has 0 heterocycles. The fourth-order valence-electron chi connectivity index (χ4n) is 1.60. The van der Waals surface area contributed by atoms with E-state index in [1.54, 1.807) is 19.1 Å². The number of azide groups is 1. The van der Waals surface area contributed by atoms with Crippen LogP contribution < -0.4 is 4.72 Å². The van der Waals surface area contributed by atoms with E-state index in [-0.39, 0.29) is 11.4 Å². The Bertz CT molecular complexity index is 657. The molecule has 0 fully saturated rings. The molecule has 0 unspecified atom stereocenters. The minimum atomic E-state index is -3.62. The van der Waals surface area contributed by atoms with E-state index in [0.717, 1.165) is 0 Å². The van der Waals surface area contributed by atoms with Gasteiger partial charge in [-0.2, -0.15) is 5.26 Å². The zero-order valence-corrected chi connectivity index (χ0v) is 11.9. The fourth-order valence-corrected chi connectivity index (χ4v) is 2.94. The lowest BCUT2D eigenvalue weighted by molar-refractivity contribution is 0.576. The van der Waals surface area contributed by atoms with Crippen molar-refractivity contribution in [3.63, 3.8) is 0 Å². The van der Waals surface area contributed by atoms with Crippen molar-refractivity contribution in [2.75, 3.05) is 13.1 Å². The number of sulfonamides is 1. The highest BCUT2D eigenvalue weighted by molar-refractivity contribution is 7.89. The monoisotopic (exact) mass is 293 g/mol. The molecule has 1 N–H and O–H groups in total. The Balaban J connectivity index is 2.69. The summed E-state index contributed by atoms with van der Waals surface area (Å²) in [6.07, 6.45) is 1.19. The van der Waals surface area contributed by atoms with Crippen LogP contribution in [0.2, 0.25) is 0 Å². The average molecular weight is 293 g/mol. The second kappa shape index (κ2) is 7.50. The quantitative estimate of drug-likeness (QED) is 0.359. The molecule has 0 saturated carbocycles. The van der Waals surface area contributed by atoms with Crippen LogP contribution in [0.5, 0.6) is 0 Å². The highest BCUT2D eigenvalue weighted by Gasteiger charge is 2.16. The van der Waals surface area contributed by atoms with E-state index < -0.39 is 10.0 Å². The third-order valence-corrected chi connectivity index (χ3v) is 4.25. The van der Waals surface area contributed by atoms with Crippen molar-refractivity contribution >= 4 is 10.0 Å². The summed E-state index contributed by atoms with van der Waals surface area (Å²) in [5.41, 5.74) is 8.99. The van der Waals surface area contributed by atoms with Crippen LogP contribution in [0.25, 0.3) is 10.4 Å². The first kappa shape index (κ1) is 16.0. The fraction of sp³-hybridized carbons (Fsp3) is 0.417. The zero-order chi connectivity index (χ0) is 15.0. The molecule has 0 aliphatic carbocycles. The summed E-state index contributed by atoms with van der Waals surface area (Å²) in [5, 5.41) is 12.2. The van der Waals surface area contributed by atoms with E-state index in [4.69, 9.17) is 10.8 Å². The largest absolute Gasteiger partial charge is 0.240 e. The van der Waals surface area contributed by atoms with Crippen LogP contribution in [-0.4, -0.2) is 21.5 Å². The maximum Gasteiger partial charge on any atom is 0.240 e. The molecule has 7 nitrogen and oxygen atoms in total. The second-order valence-electron chi connectivity index (χ2n) is 4.15. The Hall–Kier alpha value is -2.07. The van der Waals surface area contributed by atoms with Crippen LogP contribution in [0, 0.1) is 18.3 Å². The van der Waals surface area contributed by atoms with Gasteiger partial charge in [-0.15, -0.1) is 0 Å². The lowest BCUT2D eigenvalue weighted by Crippen LogP contribution is -2.25. The smallest absolute Gasteiger partial charge is 0.211 e. The van der Waals surface area contributed by atoms with Gasteiger partial charge in [0.15, 0.2) is 0 Å². The SMILES string of the molecule is Cc1ccc(C#N)cc1S(=O)(=O)NCCCCN=[N+]=[N-]. The van der Waals surface area contributed by atoms with Gasteiger partial charge in [0.05, 0.1) is 16.5 Å². The standard InChI is InChI=1S/C12H15N5O2S/c1-10-4-5-11(9-13)8-12(10)20(18,19)16-7-3-2-6-15-17-14/h4-5,8,16H,2-3,6-7H2,1H3. The zero-order valence-electron chi connectivity index (χ0n) is 11.1. The number of benzene rings is 1. The lowest BCUT2D eigenvalue weighted by atomic mass is 10.2. The third-order valence-electron chi connectivity index (χ3n) is 2.65. The molecule has 106 valence electrons. The highest BCUT2D eigenvalue weighted by atomic mass is 32.2. The van der Waals surface area contributed by atoms with Crippen molar-refractivity contribution < 1.29 is 8.42 Å². The van der Waals surface area contributed by atoms with Crippen molar-refractivity contribution in [3.8, 4) is 6.07 Å². The van der Waals surface area contributed by atoms with Crippen molar-refractivity contribution in [1.29, 1.82) is 5.26 Å². The molecule has 0 atom stereocenters. The Labute approximate surface area is 117 Å². The van der Waals surface area contributed by atoms with E-state index in [9.17, 15) is 8.42 Å². The molecule has 8 heteroatoms. The molecule has 1 rings (SSSR count). The number of nitriles is 1. The van der Waals surface area contributed by atoms with E-state index in [0.29, 0.717) is 30.5 Å². The number of nitrogens with one attached hydrogen (secondary N) is 1. The maximum atomic E-state index is 12.1. The van der Waals surface area contributed by atoms with Gasteiger partial charge in [-0.05, 0) is 43.0 Å². The molecule has 1 aromatic rings. The Morgan fingerprint density at radius 3 is 2.85 bits per heavy atom. The number of aryl methyl sites for hydroxylation is 1. The average Bonchev–Trinajstić information content (AvgIpc) is 2.43. The summed E-state index contributed by atoms with van der Waals surface area (Å²) >= 11 is 0. The van der Waals surface area contributed by atoms with Crippen LogP contribution in [0.1, 0.15) is 24.0 Å². The summed E-state index contributed by atoms with van der Waals surface area (Å²) in [5.74, 6) is 0. The molecule has 0 aliphatic rings. The van der Waals surface area contributed by atoms with E-state index in [1.807, 2.05) is 6.07 Å². The molecule has 0 amide bonds. The van der Waals surface area contributed by atoms with Crippen molar-refractivity contribution in [2.45, 2.75) is 24.7 Å². The van der Waals surface area contributed by atoms with Gasteiger partial charge in [-0.1, -0.05) is 11.2 Å². The summed E-state index contributed by atoms with van der Waals surface area (Å²) < 4.78 is 26.7. The van der Waals surface area contributed by atoms with Gasteiger partial charge >= 0.3 is 0 Å². The molecular formula is C12H15N5O2S. The molecule has 1 aromatic carbocycles. The van der Waals surface area contributed by atoms with Gasteiger partial charge in [0, 0.05) is 18.0 Å². The molecule has 0 radical (unpaired) electrons. The maximum absolute atomic E-state index is 12.1. The first-order valence-corrected chi connectivity index (χ1v) is 7.51. The van der Waals surface area contributed by atoms with E-state index >= 15 is 0 Å². The summed E-state index contributed by atoms with van der Waals surface area (Å²) in [4.78, 5) is 2.73. The van der Waals surface area contributed by atoms with Gasteiger partial charge in [-0.3, -0.25) is 0 Å². The molecule has 20 heavy (non-hydrogen) atoms. The van der Waals surface area contributed by atoms with Crippen LogP contribution in [-0.2, 0) is 10.0 Å². The normalized spacial score (nSPS) is 10.6. The molecule has 0 saturated heterocycles. The van der Waals surface area contributed by atoms with Gasteiger partial charge < -0.3 is 0 Å². The molecular weight excluding hydrogens is 278 g/mol. The second-order valence-corrected chi connectivity index (χ2v) is 5.89. The van der Waals surface area contributed by atoms with Crippen molar-refractivity contribution in [1.82, 2.24) is 4.72 Å². The Morgan fingerprint density at radius 2 is 2.20 bits per heavy atom. The number of hydrogen-bond acceptors (Lipinski definition) is 4. The number of hydrogen-bond donors (Lipinski definition) is 1. The molecule has 0 aromatic heterocycles. The summed E-state index contributed by atoms with van der Waals surface area (Å²) in [7, 11) is -3.62. The first-order valence-electron chi connectivity index (χ1n) is 6.02. The van der Waals surface area contributed by atoms with Gasteiger partial charge in [-0.25, -0.2) is 13.1 Å². The van der Waals surface area contributed by atoms with E-state index in [1.165, 1.54) is 6.07 Å². The predicted octanol–water partition coefficient (Wildman–Crippen LogP) is 2.24. The van der Waals surface area contributed by atoms with Crippen LogP contribution >= 0.6 is 0 Å². The van der Waals surface area contributed by atoms with Crippen LogP contribution in [0.3, 0.4) is 0 Å². The highest BCUT2D eigenvalue weighted by Crippen LogP contribution is 2.16. The van der Waals surface area contributed by atoms with E-state index in [2.05, 4.69) is 14.7 Å². The number of unbranched alkanes of at least 4 members (excludes halogenated alkanes) is 1. The van der Waals surface area contributed by atoms with Crippen LogP contribution in [0.4, 0.5) is 0 Å². The molecule has 0 spiro atoms. The lowest BCUT2D eigenvalue weighted by Gasteiger charge is -2.09. The van der Waals surface area contributed by atoms with Gasteiger partial charge in [0.25, 0.3) is 0 Å². The van der Waals surface area contributed by atoms with Crippen molar-refractivity contribution in [3.05, 3.63) is 39.8 Å². The summed E-state index contributed by atoms with van der Waals surface area (Å²) in [6, 6.07) is 6.46. The topological polar surface area (TPSA) is 119 Å². The molecule has 0 aliphatic heterocycles. The van der Waals surface area contributed by atoms with Crippen LogP contribution in [0.15, 0.2) is 28.2 Å². The first-order chi connectivity index (χ1) is 9.51. The summed E-state index contributed by atoms with van der Waals surface area (Å²) in [6.45, 7) is 2.29. The minimum Gasteiger partial charge on any atom is -0.211 e. The van der Waals surface area contributed by atoms with Gasteiger partial charge in [0.1, 0.15) is 0 Å². The number of nitrogens with zero attached hydrogens (tertiary/aromatic N) is 4. The Kier molecular flexibility index (Phi) is 6.00. The predicted molar refractivity (Wildman–Crippen MR) is 74.3 cm³/mol. The minimum absolute atomic E-state index is 0.117. The van der Waals surface area contributed by atoms with Crippen molar-refractivity contribution in [2.24, 2.45) is 5.11 Å². The third kappa shape index (κ3) is 4.55. The molecule has 0 bridgehead atoms. The Morgan fingerprint density at radius 1 is 1.45 bits per heavy atom.